The van der Waals surface area contributed by atoms with Gasteiger partial charge in [-0.25, -0.2) is 9.18 Å². The number of aryl methyl sites for hydroxylation is 1. The topological polar surface area (TPSA) is 64.6 Å². The molecule has 0 spiro atoms. The fraction of sp³-hybridized carbons (Fsp3) is 0.304. The molecule has 0 radical (unpaired) electrons. The number of hydrogen-bond acceptors (Lipinski definition) is 6. The minimum absolute atomic E-state index is 0.264. The summed E-state index contributed by atoms with van der Waals surface area (Å²) in [5, 5.41) is 5.33. The summed E-state index contributed by atoms with van der Waals surface area (Å²) >= 11 is 2.78. The number of amides is 1. The maximum absolute atomic E-state index is 13.0. The average molecular weight is 460 g/mol. The first kappa shape index (κ1) is 21.5. The second-order valence-electron chi connectivity index (χ2n) is 7.28. The minimum Gasteiger partial charge on any atom is -0.489 e. The number of fused-ring (bicyclic) bond motifs is 1. The summed E-state index contributed by atoms with van der Waals surface area (Å²) in [5.74, 6) is -0.436. The number of esters is 1. The molecule has 5 nitrogen and oxygen atoms in total. The largest absolute Gasteiger partial charge is 0.489 e. The Morgan fingerprint density at radius 1 is 1.13 bits per heavy atom. The van der Waals surface area contributed by atoms with Crippen LogP contribution in [0.1, 0.15) is 55.3 Å². The third-order valence-electron chi connectivity index (χ3n) is 5.13. The van der Waals surface area contributed by atoms with E-state index in [0.717, 1.165) is 48.1 Å². The number of thiophene rings is 2. The summed E-state index contributed by atoms with van der Waals surface area (Å²) < 4.78 is 23.6. The van der Waals surface area contributed by atoms with Gasteiger partial charge in [0.1, 0.15) is 23.2 Å². The van der Waals surface area contributed by atoms with Gasteiger partial charge in [-0.05, 0) is 67.0 Å². The average Bonchev–Trinajstić information content (AvgIpc) is 3.31. The summed E-state index contributed by atoms with van der Waals surface area (Å²) in [5.41, 5.74) is 2.35. The van der Waals surface area contributed by atoms with E-state index in [1.54, 1.807) is 18.2 Å². The van der Waals surface area contributed by atoms with Crippen molar-refractivity contribution in [1.29, 1.82) is 0 Å². The van der Waals surface area contributed by atoms with Crippen LogP contribution in [0.15, 0.2) is 35.7 Å². The standard InChI is InChI=1S/C23H22FNO4S2/c1-28-23(27)20-17-5-3-2-4-6-18(17)31-22(20)25-21(26)19-11-14(13-30-19)12-29-16-9-7-15(24)8-10-16/h7-11,13H,2-6,12H2,1H3,(H,25,26). The summed E-state index contributed by atoms with van der Waals surface area (Å²) in [6.45, 7) is 0.274. The number of carbonyl (C=O) groups excluding carboxylic acids is 2. The van der Waals surface area contributed by atoms with Crippen LogP contribution in [0, 0.1) is 5.82 Å². The quantitative estimate of drug-likeness (QED) is 0.372. The summed E-state index contributed by atoms with van der Waals surface area (Å²) in [6.07, 6.45) is 5.01. The highest BCUT2D eigenvalue weighted by Gasteiger charge is 2.26. The molecule has 0 fully saturated rings. The summed E-state index contributed by atoms with van der Waals surface area (Å²) in [6, 6.07) is 7.56. The van der Waals surface area contributed by atoms with Gasteiger partial charge < -0.3 is 14.8 Å². The lowest BCUT2D eigenvalue weighted by Gasteiger charge is -2.07. The van der Waals surface area contributed by atoms with Crippen LogP contribution in [0.2, 0.25) is 0 Å². The SMILES string of the molecule is COC(=O)c1c(NC(=O)c2cc(COc3ccc(F)cc3)cs2)sc2c1CCCCC2. The van der Waals surface area contributed by atoms with E-state index in [4.69, 9.17) is 9.47 Å². The fourth-order valence-electron chi connectivity index (χ4n) is 3.58. The van der Waals surface area contributed by atoms with Gasteiger partial charge in [0.25, 0.3) is 5.91 Å². The first-order chi connectivity index (χ1) is 15.0. The van der Waals surface area contributed by atoms with Crippen LogP contribution in [0.3, 0.4) is 0 Å². The molecule has 8 heteroatoms. The molecule has 0 bridgehead atoms. The molecule has 1 aromatic carbocycles. The van der Waals surface area contributed by atoms with Crippen molar-refractivity contribution >= 4 is 39.6 Å². The van der Waals surface area contributed by atoms with E-state index in [9.17, 15) is 14.0 Å². The normalized spacial score (nSPS) is 13.2. The molecule has 0 saturated carbocycles. The lowest BCUT2D eigenvalue weighted by atomic mass is 10.1. The Balaban J connectivity index is 1.47. The zero-order chi connectivity index (χ0) is 21.8. The Bertz CT molecular complexity index is 1090. The second-order valence-corrected chi connectivity index (χ2v) is 9.29. The van der Waals surface area contributed by atoms with E-state index < -0.39 is 5.97 Å². The second kappa shape index (κ2) is 9.62. The number of halogens is 1. The molecule has 1 amide bonds. The molecule has 1 aliphatic carbocycles. The maximum atomic E-state index is 13.0. The van der Waals surface area contributed by atoms with Crippen LogP contribution < -0.4 is 10.1 Å². The molecule has 3 aromatic rings. The van der Waals surface area contributed by atoms with Gasteiger partial charge in [0.15, 0.2) is 0 Å². The highest BCUT2D eigenvalue weighted by molar-refractivity contribution is 7.17. The van der Waals surface area contributed by atoms with Gasteiger partial charge in [-0.15, -0.1) is 22.7 Å². The van der Waals surface area contributed by atoms with Crippen LogP contribution in [0.25, 0.3) is 0 Å². The van der Waals surface area contributed by atoms with E-state index >= 15 is 0 Å². The number of ether oxygens (including phenoxy) is 2. The van der Waals surface area contributed by atoms with Crippen LogP contribution in [-0.4, -0.2) is 19.0 Å². The molecule has 0 atom stereocenters. The monoisotopic (exact) mass is 459 g/mol. The van der Waals surface area contributed by atoms with Crippen molar-refractivity contribution in [3.8, 4) is 5.75 Å². The Hall–Kier alpha value is -2.71. The third kappa shape index (κ3) is 4.97. The lowest BCUT2D eigenvalue weighted by Crippen LogP contribution is -2.13. The zero-order valence-corrected chi connectivity index (χ0v) is 18.7. The predicted molar refractivity (Wildman–Crippen MR) is 120 cm³/mol. The molecular formula is C23H22FNO4S2. The van der Waals surface area contributed by atoms with E-state index in [1.165, 1.54) is 41.9 Å². The fourth-order valence-corrected chi connectivity index (χ4v) is 5.65. The lowest BCUT2D eigenvalue weighted by molar-refractivity contribution is 0.0601. The van der Waals surface area contributed by atoms with Crippen molar-refractivity contribution in [2.45, 2.75) is 38.7 Å². The van der Waals surface area contributed by atoms with E-state index in [0.29, 0.717) is 21.2 Å². The van der Waals surface area contributed by atoms with Crippen molar-refractivity contribution in [3.05, 3.63) is 68.0 Å². The predicted octanol–water partition coefficient (Wildman–Crippen LogP) is 5.84. The maximum Gasteiger partial charge on any atom is 0.341 e. The van der Waals surface area contributed by atoms with Crippen molar-refractivity contribution in [1.82, 2.24) is 0 Å². The Morgan fingerprint density at radius 3 is 2.68 bits per heavy atom. The highest BCUT2D eigenvalue weighted by atomic mass is 32.1. The minimum atomic E-state index is -0.408. The van der Waals surface area contributed by atoms with Gasteiger partial charge in [0.05, 0.1) is 17.6 Å². The molecule has 162 valence electrons. The molecule has 2 heterocycles. The van der Waals surface area contributed by atoms with E-state index in [1.807, 2.05) is 5.38 Å². The number of benzene rings is 1. The summed E-state index contributed by atoms with van der Waals surface area (Å²) in [7, 11) is 1.36. The van der Waals surface area contributed by atoms with Crippen molar-refractivity contribution in [2.75, 3.05) is 12.4 Å². The number of carbonyl (C=O) groups is 2. The van der Waals surface area contributed by atoms with E-state index in [2.05, 4.69) is 5.32 Å². The molecular weight excluding hydrogens is 437 g/mol. The molecule has 31 heavy (non-hydrogen) atoms. The number of hydrogen-bond donors (Lipinski definition) is 1. The molecule has 0 aliphatic heterocycles. The number of nitrogens with one attached hydrogen (secondary N) is 1. The van der Waals surface area contributed by atoms with Crippen LogP contribution in [-0.2, 0) is 24.2 Å². The number of methoxy groups -OCH3 is 1. The molecule has 4 rings (SSSR count). The van der Waals surface area contributed by atoms with Crippen LogP contribution >= 0.6 is 22.7 Å². The van der Waals surface area contributed by atoms with Gasteiger partial charge in [-0.2, -0.15) is 0 Å². The van der Waals surface area contributed by atoms with Gasteiger partial charge in [0.2, 0.25) is 0 Å². The van der Waals surface area contributed by atoms with Crippen molar-refractivity contribution in [2.24, 2.45) is 0 Å². The summed E-state index contributed by atoms with van der Waals surface area (Å²) in [4.78, 5) is 27.0. The first-order valence-electron chi connectivity index (χ1n) is 10.0. The van der Waals surface area contributed by atoms with Gasteiger partial charge in [-0.1, -0.05) is 6.42 Å². The first-order valence-corrected chi connectivity index (χ1v) is 11.7. The molecule has 1 aliphatic rings. The Kier molecular flexibility index (Phi) is 6.67. The van der Waals surface area contributed by atoms with Crippen LogP contribution in [0.4, 0.5) is 9.39 Å². The molecule has 2 aromatic heterocycles. The Labute approximate surface area is 187 Å². The Morgan fingerprint density at radius 2 is 1.90 bits per heavy atom. The molecule has 0 unspecified atom stereocenters. The third-order valence-corrected chi connectivity index (χ3v) is 7.32. The van der Waals surface area contributed by atoms with E-state index in [-0.39, 0.29) is 18.3 Å². The van der Waals surface area contributed by atoms with Gasteiger partial charge in [-0.3, -0.25) is 4.79 Å². The van der Waals surface area contributed by atoms with Crippen molar-refractivity contribution in [3.63, 3.8) is 0 Å². The zero-order valence-electron chi connectivity index (χ0n) is 17.0. The number of anilines is 1. The van der Waals surface area contributed by atoms with Gasteiger partial charge >= 0.3 is 5.97 Å². The number of rotatable bonds is 6. The molecule has 0 saturated heterocycles. The smallest absolute Gasteiger partial charge is 0.341 e. The molecule has 1 N–H and O–H groups in total. The van der Waals surface area contributed by atoms with Crippen molar-refractivity contribution < 1.29 is 23.5 Å². The highest BCUT2D eigenvalue weighted by Crippen LogP contribution is 2.38. The van der Waals surface area contributed by atoms with Crippen LogP contribution in [0.5, 0.6) is 5.75 Å². The van der Waals surface area contributed by atoms with Gasteiger partial charge in [0, 0.05) is 10.4 Å².